The van der Waals surface area contributed by atoms with Gasteiger partial charge >= 0.3 is 5.97 Å². The quantitative estimate of drug-likeness (QED) is 0.115. The number of rotatable bonds is 10. The smallest absolute Gasteiger partial charge is 0.308 e. The summed E-state index contributed by atoms with van der Waals surface area (Å²) < 4.78 is 20.8. The molecule has 2 saturated heterocycles. The fraction of sp³-hybridized carbons (Fsp3) is 0.947. The average Bonchev–Trinajstić information content (AvgIpc) is 2.78. The fourth-order valence-corrected chi connectivity index (χ4v) is 3.63. The Balaban J connectivity index is 2.16. The fourth-order valence-electron chi connectivity index (χ4n) is 3.63. The second-order valence-corrected chi connectivity index (χ2v) is 8.00. The lowest BCUT2D eigenvalue weighted by Gasteiger charge is -2.48. The third-order valence-corrected chi connectivity index (χ3v) is 5.59. The van der Waals surface area contributed by atoms with Gasteiger partial charge in [-0.15, -0.1) is 0 Å². The molecule has 0 bridgehead atoms. The van der Waals surface area contributed by atoms with Crippen molar-refractivity contribution in [3.8, 4) is 0 Å². The molecule has 0 spiro atoms. The molecule has 0 saturated carbocycles. The van der Waals surface area contributed by atoms with Gasteiger partial charge < -0.3 is 59.8 Å². The van der Waals surface area contributed by atoms with Gasteiger partial charge in [0.1, 0.15) is 43.2 Å². The predicted octanol–water partition coefficient (Wildman–Crippen LogP) is -3.56. The zero-order chi connectivity index (χ0) is 24.1. The lowest BCUT2D eigenvalue weighted by Crippen LogP contribution is -2.69. The van der Waals surface area contributed by atoms with Gasteiger partial charge in [0, 0.05) is 6.42 Å². The molecule has 0 aromatic rings. The standard InChI is InChI=1S/C19H34O13/c1-2-3-4-5-6-10(22)31-19(8-21)16(27)12(24)14(26)18(32-19)30-15-9(7-20)29-17(28)13(25)11(15)23/h9,11-18,20-21,23-28H,2-8H2,1H3/t9-,11-,12+,13-,14-,15-,16-,17-,18+,19+/m1/s1. The molecule has 0 amide bonds. The van der Waals surface area contributed by atoms with Gasteiger partial charge in [0.05, 0.1) is 6.61 Å². The van der Waals surface area contributed by atoms with Crippen LogP contribution in [0.15, 0.2) is 0 Å². The highest BCUT2D eigenvalue weighted by atomic mass is 16.8. The first-order chi connectivity index (χ1) is 15.1. The molecule has 0 aromatic carbocycles. The van der Waals surface area contributed by atoms with Crippen LogP contribution in [0.1, 0.15) is 39.0 Å². The monoisotopic (exact) mass is 470 g/mol. The lowest BCUT2D eigenvalue weighted by atomic mass is 9.95. The van der Waals surface area contributed by atoms with Gasteiger partial charge in [0.2, 0.25) is 0 Å². The molecule has 2 heterocycles. The van der Waals surface area contributed by atoms with Crippen molar-refractivity contribution in [2.45, 2.75) is 100 Å². The minimum Gasteiger partial charge on any atom is -0.427 e. The number of aliphatic hydroxyl groups is 8. The Morgan fingerprint density at radius 2 is 1.62 bits per heavy atom. The van der Waals surface area contributed by atoms with Gasteiger partial charge in [-0.25, -0.2) is 0 Å². The molecule has 2 aliphatic heterocycles. The molecule has 0 radical (unpaired) electrons. The van der Waals surface area contributed by atoms with Crippen molar-refractivity contribution in [3.63, 3.8) is 0 Å². The van der Waals surface area contributed by atoms with E-state index >= 15 is 0 Å². The molecule has 2 rings (SSSR count). The maximum atomic E-state index is 12.2. The van der Waals surface area contributed by atoms with Gasteiger partial charge in [-0.2, -0.15) is 0 Å². The summed E-state index contributed by atoms with van der Waals surface area (Å²) in [6.45, 7) is 0.123. The zero-order valence-electron chi connectivity index (χ0n) is 17.8. The van der Waals surface area contributed by atoms with Gasteiger partial charge in [0.25, 0.3) is 5.79 Å². The van der Waals surface area contributed by atoms with Gasteiger partial charge in [0.15, 0.2) is 18.7 Å². The maximum absolute atomic E-state index is 12.2. The first kappa shape index (κ1) is 27.3. The van der Waals surface area contributed by atoms with Gasteiger partial charge in [-0.1, -0.05) is 26.2 Å². The molecular formula is C19H34O13. The Morgan fingerprint density at radius 3 is 2.22 bits per heavy atom. The largest absolute Gasteiger partial charge is 0.427 e. The van der Waals surface area contributed by atoms with E-state index in [1.807, 2.05) is 6.92 Å². The van der Waals surface area contributed by atoms with E-state index in [2.05, 4.69) is 0 Å². The minimum atomic E-state index is -2.49. The van der Waals surface area contributed by atoms with E-state index in [4.69, 9.17) is 18.9 Å². The number of ether oxygens (including phenoxy) is 4. The number of aliphatic hydroxyl groups excluding tert-OH is 8. The zero-order valence-corrected chi connectivity index (χ0v) is 17.8. The highest BCUT2D eigenvalue weighted by Gasteiger charge is 2.58. The van der Waals surface area contributed by atoms with Crippen molar-refractivity contribution in [2.75, 3.05) is 13.2 Å². The van der Waals surface area contributed by atoms with Crippen LogP contribution in [0.5, 0.6) is 0 Å². The van der Waals surface area contributed by atoms with Crippen LogP contribution in [0.4, 0.5) is 0 Å². The average molecular weight is 470 g/mol. The van der Waals surface area contributed by atoms with Crippen molar-refractivity contribution in [1.29, 1.82) is 0 Å². The Hall–Kier alpha value is -0.970. The van der Waals surface area contributed by atoms with Crippen molar-refractivity contribution in [1.82, 2.24) is 0 Å². The number of esters is 1. The Kier molecular flexibility index (Phi) is 10.2. The summed E-state index contributed by atoms with van der Waals surface area (Å²) in [5.74, 6) is -3.32. The van der Waals surface area contributed by atoms with Crippen LogP contribution in [0.25, 0.3) is 0 Å². The third-order valence-electron chi connectivity index (χ3n) is 5.59. The molecular weight excluding hydrogens is 436 g/mol. The number of hydrogen-bond acceptors (Lipinski definition) is 13. The second-order valence-electron chi connectivity index (χ2n) is 8.00. The Bertz CT molecular complexity index is 590. The summed E-state index contributed by atoms with van der Waals surface area (Å²) in [6.07, 6.45) is -13.2. The predicted molar refractivity (Wildman–Crippen MR) is 102 cm³/mol. The third kappa shape index (κ3) is 5.93. The van der Waals surface area contributed by atoms with E-state index in [0.717, 1.165) is 19.3 Å². The Morgan fingerprint density at radius 1 is 0.938 bits per heavy atom. The normalized spacial score (nSPS) is 42.6. The maximum Gasteiger partial charge on any atom is 0.308 e. The van der Waals surface area contributed by atoms with Crippen LogP contribution in [-0.4, -0.2) is 121 Å². The summed E-state index contributed by atoms with van der Waals surface area (Å²) in [4.78, 5) is 12.2. The molecule has 0 unspecified atom stereocenters. The number of hydrogen-bond donors (Lipinski definition) is 8. The highest BCUT2D eigenvalue weighted by molar-refractivity contribution is 5.69. The van der Waals surface area contributed by atoms with E-state index in [-0.39, 0.29) is 6.42 Å². The second kappa shape index (κ2) is 11.9. The van der Waals surface area contributed by atoms with Gasteiger partial charge in [-0.3, -0.25) is 4.79 Å². The van der Waals surface area contributed by atoms with Crippen molar-refractivity contribution >= 4 is 5.97 Å². The van der Waals surface area contributed by atoms with Crippen LogP contribution in [0, 0.1) is 0 Å². The van der Waals surface area contributed by atoms with E-state index in [0.29, 0.717) is 6.42 Å². The minimum absolute atomic E-state index is 0.0478. The molecule has 10 atom stereocenters. The molecule has 0 aliphatic carbocycles. The SMILES string of the molecule is CCCCCCC(=O)O[C@@]1(CO)O[C@H](O[C@H]2[C@H](O)[C@@H](O)[C@H](O)O[C@@H]2CO)[C@H](O)[C@H](O)[C@H]1O. The lowest BCUT2D eigenvalue weighted by molar-refractivity contribution is -0.416. The van der Waals surface area contributed by atoms with Crippen LogP contribution in [-0.2, 0) is 23.7 Å². The van der Waals surface area contributed by atoms with Gasteiger partial charge in [-0.05, 0) is 6.42 Å². The molecule has 0 aromatic heterocycles. The molecule has 188 valence electrons. The van der Waals surface area contributed by atoms with Crippen LogP contribution < -0.4 is 0 Å². The number of carbonyl (C=O) groups excluding carboxylic acids is 1. The molecule has 13 heteroatoms. The van der Waals surface area contributed by atoms with E-state index < -0.39 is 80.3 Å². The van der Waals surface area contributed by atoms with Crippen molar-refractivity contribution in [2.24, 2.45) is 0 Å². The summed E-state index contributed by atoms with van der Waals surface area (Å²) >= 11 is 0. The molecule has 13 nitrogen and oxygen atoms in total. The molecule has 2 aliphatic rings. The Labute approximate surface area is 184 Å². The van der Waals surface area contributed by atoms with E-state index in [1.165, 1.54) is 0 Å². The first-order valence-corrected chi connectivity index (χ1v) is 10.6. The molecule has 8 N–H and O–H groups in total. The molecule has 2 fully saturated rings. The highest BCUT2D eigenvalue weighted by Crippen LogP contribution is 2.34. The molecule has 32 heavy (non-hydrogen) atoms. The summed E-state index contributed by atoms with van der Waals surface area (Å²) in [7, 11) is 0. The summed E-state index contributed by atoms with van der Waals surface area (Å²) in [5, 5.41) is 79.8. The van der Waals surface area contributed by atoms with Crippen LogP contribution in [0.3, 0.4) is 0 Å². The first-order valence-electron chi connectivity index (χ1n) is 10.6. The van der Waals surface area contributed by atoms with Crippen LogP contribution in [0.2, 0.25) is 0 Å². The summed E-state index contributed by atoms with van der Waals surface area (Å²) in [5.41, 5.74) is 0. The summed E-state index contributed by atoms with van der Waals surface area (Å²) in [6, 6.07) is 0. The van der Waals surface area contributed by atoms with Crippen LogP contribution >= 0.6 is 0 Å². The van der Waals surface area contributed by atoms with E-state index in [9.17, 15) is 45.6 Å². The number of carbonyl (C=O) groups is 1. The number of unbranched alkanes of at least 4 members (excludes halogenated alkanes) is 3. The van der Waals surface area contributed by atoms with E-state index in [1.54, 1.807) is 0 Å². The topological polar surface area (TPSA) is 216 Å². The van der Waals surface area contributed by atoms with Crippen molar-refractivity contribution < 1.29 is 64.6 Å². The van der Waals surface area contributed by atoms with Crippen molar-refractivity contribution in [3.05, 3.63) is 0 Å².